The van der Waals surface area contributed by atoms with E-state index in [2.05, 4.69) is 37.4 Å². The summed E-state index contributed by atoms with van der Waals surface area (Å²) in [6, 6.07) is 6.18. The van der Waals surface area contributed by atoms with Crippen LogP contribution in [0.15, 0.2) is 18.2 Å². The van der Waals surface area contributed by atoms with E-state index in [0.29, 0.717) is 13.1 Å². The third kappa shape index (κ3) is 2.12. The number of hydrogen-bond acceptors (Lipinski definition) is 3. The lowest BCUT2D eigenvalue weighted by molar-refractivity contribution is -0.0321. The first-order chi connectivity index (χ1) is 7.51. The van der Waals surface area contributed by atoms with Gasteiger partial charge < -0.3 is 16.2 Å². The van der Waals surface area contributed by atoms with Crippen molar-refractivity contribution in [3.8, 4) is 0 Å². The molecule has 0 spiro atoms. The van der Waals surface area contributed by atoms with Gasteiger partial charge in [-0.25, -0.2) is 0 Å². The second-order valence-corrected chi connectivity index (χ2v) is 4.94. The fourth-order valence-electron chi connectivity index (χ4n) is 2.02. The van der Waals surface area contributed by atoms with Gasteiger partial charge in [0.15, 0.2) is 0 Å². The quantitative estimate of drug-likeness (QED) is 0.695. The summed E-state index contributed by atoms with van der Waals surface area (Å²) in [6.45, 7) is 5.42. The third-order valence-electron chi connectivity index (χ3n) is 3.58. The summed E-state index contributed by atoms with van der Waals surface area (Å²) in [6.07, 6.45) is 0.735. The van der Waals surface area contributed by atoms with Crippen molar-refractivity contribution < 1.29 is 5.11 Å². The van der Waals surface area contributed by atoms with Crippen molar-refractivity contribution in [1.82, 2.24) is 5.32 Å². The lowest BCUT2D eigenvalue weighted by Gasteiger charge is -2.42. The molecule has 1 saturated heterocycles. The van der Waals surface area contributed by atoms with Crippen molar-refractivity contribution in [3.63, 3.8) is 0 Å². The first-order valence-corrected chi connectivity index (χ1v) is 5.76. The van der Waals surface area contributed by atoms with E-state index >= 15 is 0 Å². The molecule has 1 atom stereocenters. The van der Waals surface area contributed by atoms with E-state index in [1.54, 1.807) is 0 Å². The number of aryl methyl sites for hydroxylation is 2. The van der Waals surface area contributed by atoms with E-state index in [1.807, 2.05) is 0 Å². The number of β-amino-alcohol motifs (C(OH)–C–C–N with tert-alkyl or cyclic N) is 1. The summed E-state index contributed by atoms with van der Waals surface area (Å²) in [4.78, 5) is 0. The van der Waals surface area contributed by atoms with Crippen molar-refractivity contribution in [2.75, 3.05) is 13.1 Å². The predicted octanol–water partition coefficient (Wildman–Crippen LogP) is 0.508. The summed E-state index contributed by atoms with van der Waals surface area (Å²) in [5, 5.41) is 13.1. The van der Waals surface area contributed by atoms with E-state index in [9.17, 15) is 5.11 Å². The topological polar surface area (TPSA) is 58.3 Å². The molecule has 1 unspecified atom stereocenters. The van der Waals surface area contributed by atoms with Crippen molar-refractivity contribution in [3.05, 3.63) is 34.9 Å². The van der Waals surface area contributed by atoms with Crippen LogP contribution in [0.5, 0.6) is 0 Å². The summed E-state index contributed by atoms with van der Waals surface area (Å²) in [7, 11) is 0. The molecule has 16 heavy (non-hydrogen) atoms. The van der Waals surface area contributed by atoms with Crippen molar-refractivity contribution in [1.29, 1.82) is 0 Å². The molecule has 1 aliphatic rings. The van der Waals surface area contributed by atoms with E-state index in [-0.39, 0.29) is 6.04 Å². The zero-order valence-electron chi connectivity index (χ0n) is 9.96. The second-order valence-electron chi connectivity index (χ2n) is 4.94. The normalized spacial score (nSPS) is 20.2. The lowest BCUT2D eigenvalue weighted by Crippen LogP contribution is -2.68. The average molecular weight is 220 g/mol. The zero-order chi connectivity index (χ0) is 11.8. The third-order valence-corrected chi connectivity index (χ3v) is 3.58. The molecule has 2 rings (SSSR count). The Morgan fingerprint density at radius 3 is 2.56 bits per heavy atom. The van der Waals surface area contributed by atoms with Crippen LogP contribution >= 0.6 is 0 Å². The molecule has 88 valence electrons. The molecule has 1 aromatic carbocycles. The van der Waals surface area contributed by atoms with Crippen LogP contribution < -0.4 is 11.1 Å². The number of rotatable bonds is 3. The van der Waals surface area contributed by atoms with Crippen molar-refractivity contribution in [2.24, 2.45) is 5.73 Å². The number of benzene rings is 1. The van der Waals surface area contributed by atoms with Gasteiger partial charge in [-0.15, -0.1) is 0 Å². The maximum atomic E-state index is 10.1. The molecule has 0 bridgehead atoms. The van der Waals surface area contributed by atoms with Gasteiger partial charge in [-0.05, 0) is 37.0 Å². The SMILES string of the molecule is Cc1ccc(CC(N)C2(O)CNC2)cc1C. The molecule has 0 saturated carbocycles. The molecule has 4 N–H and O–H groups in total. The summed E-state index contributed by atoms with van der Waals surface area (Å²) in [5.41, 5.74) is 9.11. The van der Waals surface area contributed by atoms with Crippen LogP contribution in [0, 0.1) is 13.8 Å². The van der Waals surface area contributed by atoms with Crippen LogP contribution in [0.4, 0.5) is 0 Å². The van der Waals surface area contributed by atoms with Crippen LogP contribution in [0.1, 0.15) is 16.7 Å². The van der Waals surface area contributed by atoms with Gasteiger partial charge in [0, 0.05) is 19.1 Å². The minimum atomic E-state index is -0.710. The molecule has 3 nitrogen and oxygen atoms in total. The van der Waals surface area contributed by atoms with E-state index in [1.165, 1.54) is 16.7 Å². The van der Waals surface area contributed by atoms with E-state index < -0.39 is 5.60 Å². The first kappa shape index (κ1) is 11.6. The van der Waals surface area contributed by atoms with Gasteiger partial charge in [0.1, 0.15) is 5.60 Å². The van der Waals surface area contributed by atoms with Crippen LogP contribution in [-0.4, -0.2) is 29.8 Å². The standard InChI is InChI=1S/C13H20N2O/c1-9-3-4-11(5-10(9)2)6-12(14)13(16)7-15-8-13/h3-5,12,15-16H,6-8,14H2,1-2H3. The Morgan fingerprint density at radius 2 is 2.06 bits per heavy atom. The average Bonchev–Trinajstić information content (AvgIpc) is 2.20. The fraction of sp³-hybridized carbons (Fsp3) is 0.538. The van der Waals surface area contributed by atoms with Gasteiger partial charge in [-0.2, -0.15) is 0 Å². The maximum Gasteiger partial charge on any atom is 0.105 e. The maximum absolute atomic E-state index is 10.1. The number of nitrogens with one attached hydrogen (secondary N) is 1. The second kappa shape index (κ2) is 4.17. The smallest absolute Gasteiger partial charge is 0.105 e. The molecular formula is C13H20N2O. The van der Waals surface area contributed by atoms with E-state index in [0.717, 1.165) is 6.42 Å². The van der Waals surface area contributed by atoms with Crippen LogP contribution in [0.2, 0.25) is 0 Å². The Bertz CT molecular complexity index is 386. The summed E-state index contributed by atoms with van der Waals surface area (Å²) in [5.74, 6) is 0. The molecule has 1 fully saturated rings. The van der Waals surface area contributed by atoms with Crippen molar-refractivity contribution in [2.45, 2.75) is 31.9 Å². The molecular weight excluding hydrogens is 200 g/mol. The Labute approximate surface area is 96.7 Å². The highest BCUT2D eigenvalue weighted by Gasteiger charge is 2.40. The van der Waals surface area contributed by atoms with Gasteiger partial charge in [-0.1, -0.05) is 18.2 Å². The first-order valence-electron chi connectivity index (χ1n) is 5.76. The lowest BCUT2D eigenvalue weighted by atomic mass is 9.84. The van der Waals surface area contributed by atoms with Gasteiger partial charge in [-0.3, -0.25) is 0 Å². The molecule has 1 aromatic rings. The van der Waals surface area contributed by atoms with Gasteiger partial charge in [0.25, 0.3) is 0 Å². The molecule has 0 radical (unpaired) electrons. The largest absolute Gasteiger partial charge is 0.386 e. The van der Waals surface area contributed by atoms with Gasteiger partial charge >= 0.3 is 0 Å². The summed E-state index contributed by atoms with van der Waals surface area (Å²) < 4.78 is 0. The van der Waals surface area contributed by atoms with E-state index in [4.69, 9.17) is 5.73 Å². The Kier molecular flexibility index (Phi) is 3.02. The Morgan fingerprint density at radius 1 is 1.38 bits per heavy atom. The predicted molar refractivity (Wildman–Crippen MR) is 65.4 cm³/mol. The molecule has 3 heteroatoms. The monoisotopic (exact) mass is 220 g/mol. The van der Waals surface area contributed by atoms with Gasteiger partial charge in [0.2, 0.25) is 0 Å². The van der Waals surface area contributed by atoms with Gasteiger partial charge in [0.05, 0.1) is 0 Å². The number of hydrogen-bond donors (Lipinski definition) is 3. The summed E-state index contributed by atoms with van der Waals surface area (Å²) >= 11 is 0. The highest BCUT2D eigenvalue weighted by atomic mass is 16.3. The molecule has 0 aliphatic carbocycles. The minimum Gasteiger partial charge on any atom is -0.386 e. The Hall–Kier alpha value is -0.900. The minimum absolute atomic E-state index is 0.184. The zero-order valence-corrected chi connectivity index (χ0v) is 9.96. The number of nitrogens with two attached hydrogens (primary N) is 1. The van der Waals surface area contributed by atoms with Crippen LogP contribution in [-0.2, 0) is 6.42 Å². The van der Waals surface area contributed by atoms with Crippen LogP contribution in [0.3, 0.4) is 0 Å². The Balaban J connectivity index is 2.06. The molecule has 1 aliphatic heterocycles. The molecule has 0 aromatic heterocycles. The molecule has 1 heterocycles. The van der Waals surface area contributed by atoms with Crippen LogP contribution in [0.25, 0.3) is 0 Å². The highest BCUT2D eigenvalue weighted by Crippen LogP contribution is 2.19. The fourth-order valence-corrected chi connectivity index (χ4v) is 2.02. The number of aliphatic hydroxyl groups is 1. The molecule has 0 amide bonds. The highest BCUT2D eigenvalue weighted by molar-refractivity contribution is 5.30. The van der Waals surface area contributed by atoms with Crippen molar-refractivity contribution >= 4 is 0 Å².